The lowest BCUT2D eigenvalue weighted by Crippen LogP contribution is -2.14. The maximum absolute atomic E-state index is 12.4. The lowest BCUT2D eigenvalue weighted by molar-refractivity contribution is -0.113. The summed E-state index contributed by atoms with van der Waals surface area (Å²) in [6, 6.07) is 10.1. The summed E-state index contributed by atoms with van der Waals surface area (Å²) in [5.74, 6) is 1.50. The zero-order valence-corrected chi connectivity index (χ0v) is 18.6. The molecular formula is C22H26N4OS2. The van der Waals surface area contributed by atoms with E-state index in [1.807, 2.05) is 34.9 Å². The van der Waals surface area contributed by atoms with Crippen LogP contribution >= 0.6 is 23.1 Å². The molecule has 0 aliphatic carbocycles. The van der Waals surface area contributed by atoms with Gasteiger partial charge in [-0.3, -0.25) is 9.36 Å². The topological polar surface area (TPSA) is 59.8 Å². The number of thiophene rings is 1. The summed E-state index contributed by atoms with van der Waals surface area (Å²) in [4.78, 5) is 13.7. The Hall–Kier alpha value is -2.38. The molecule has 3 aromatic rings. The van der Waals surface area contributed by atoms with Crippen LogP contribution in [0.4, 0.5) is 5.69 Å². The Morgan fingerprint density at radius 1 is 1.31 bits per heavy atom. The number of thioether (sulfide) groups is 1. The molecule has 0 atom stereocenters. The molecule has 0 aliphatic rings. The molecule has 0 radical (unpaired) electrons. The number of nitrogens with one attached hydrogen (secondary N) is 1. The molecule has 0 aliphatic heterocycles. The van der Waals surface area contributed by atoms with Crippen LogP contribution in [0.5, 0.6) is 0 Å². The summed E-state index contributed by atoms with van der Waals surface area (Å²) in [7, 11) is 0. The van der Waals surface area contributed by atoms with Crippen molar-refractivity contribution in [3.63, 3.8) is 0 Å². The van der Waals surface area contributed by atoms with Crippen LogP contribution in [0.2, 0.25) is 0 Å². The van der Waals surface area contributed by atoms with Crippen molar-refractivity contribution in [2.24, 2.45) is 0 Å². The fraction of sp³-hybridized carbons (Fsp3) is 0.318. The Kier molecular flexibility index (Phi) is 7.28. The second-order valence-electron chi connectivity index (χ2n) is 6.99. The molecular weight excluding hydrogens is 400 g/mol. The number of hydrogen-bond acceptors (Lipinski definition) is 5. The highest BCUT2D eigenvalue weighted by Gasteiger charge is 2.17. The number of carbonyl (C=O) groups is 1. The Morgan fingerprint density at radius 2 is 2.07 bits per heavy atom. The molecule has 1 aromatic carbocycles. The van der Waals surface area contributed by atoms with Gasteiger partial charge in [-0.1, -0.05) is 50.7 Å². The highest BCUT2D eigenvalue weighted by Crippen LogP contribution is 2.31. The van der Waals surface area contributed by atoms with Crippen molar-refractivity contribution in [1.82, 2.24) is 14.8 Å². The third-order valence-electron chi connectivity index (χ3n) is 4.45. The van der Waals surface area contributed by atoms with Crippen molar-refractivity contribution in [3.05, 3.63) is 58.8 Å². The zero-order chi connectivity index (χ0) is 20.8. The molecule has 1 amide bonds. The van der Waals surface area contributed by atoms with Crippen molar-refractivity contribution in [2.75, 3.05) is 11.1 Å². The summed E-state index contributed by atoms with van der Waals surface area (Å²) in [6.45, 7) is 10.9. The minimum Gasteiger partial charge on any atom is -0.325 e. The molecule has 3 rings (SSSR count). The predicted octanol–water partition coefficient (Wildman–Crippen LogP) is 5.61. The maximum atomic E-state index is 12.4. The first-order valence-electron chi connectivity index (χ1n) is 9.66. The number of rotatable bonds is 9. The lowest BCUT2D eigenvalue weighted by atomic mass is 10.1. The van der Waals surface area contributed by atoms with E-state index in [2.05, 4.69) is 54.3 Å². The van der Waals surface area contributed by atoms with E-state index in [0.717, 1.165) is 23.5 Å². The molecule has 7 heteroatoms. The van der Waals surface area contributed by atoms with Gasteiger partial charge in [-0.25, -0.2) is 0 Å². The average molecular weight is 427 g/mol. The van der Waals surface area contributed by atoms with Crippen LogP contribution in [0.3, 0.4) is 0 Å². The highest BCUT2D eigenvalue weighted by atomic mass is 32.2. The summed E-state index contributed by atoms with van der Waals surface area (Å²) >= 11 is 3.12. The number of nitrogens with zero attached hydrogens (tertiary/aromatic N) is 3. The van der Waals surface area contributed by atoms with E-state index in [-0.39, 0.29) is 11.7 Å². The van der Waals surface area contributed by atoms with E-state index in [4.69, 9.17) is 0 Å². The molecule has 0 unspecified atom stereocenters. The second kappa shape index (κ2) is 9.89. The van der Waals surface area contributed by atoms with Gasteiger partial charge in [0.05, 0.1) is 5.75 Å². The zero-order valence-electron chi connectivity index (χ0n) is 17.0. The van der Waals surface area contributed by atoms with E-state index in [9.17, 15) is 4.79 Å². The Balaban J connectivity index is 1.69. The molecule has 0 saturated carbocycles. The average Bonchev–Trinajstić information content (AvgIpc) is 3.34. The summed E-state index contributed by atoms with van der Waals surface area (Å²) in [5, 5.41) is 14.5. The number of benzene rings is 1. The van der Waals surface area contributed by atoms with Crippen molar-refractivity contribution < 1.29 is 4.79 Å². The number of amides is 1. The molecule has 0 fully saturated rings. The van der Waals surface area contributed by atoms with Crippen molar-refractivity contribution in [3.8, 4) is 11.4 Å². The van der Waals surface area contributed by atoms with Gasteiger partial charge < -0.3 is 5.32 Å². The van der Waals surface area contributed by atoms with Crippen LogP contribution in [-0.4, -0.2) is 26.4 Å². The van der Waals surface area contributed by atoms with Gasteiger partial charge in [0.15, 0.2) is 11.0 Å². The molecule has 2 heterocycles. The van der Waals surface area contributed by atoms with Gasteiger partial charge in [-0.05, 0) is 36.1 Å². The molecule has 0 saturated heterocycles. The van der Waals surface area contributed by atoms with Gasteiger partial charge >= 0.3 is 0 Å². The van der Waals surface area contributed by atoms with Gasteiger partial charge in [-0.15, -0.1) is 28.1 Å². The Morgan fingerprint density at radius 3 is 2.69 bits per heavy atom. The minimum absolute atomic E-state index is 0.0634. The first-order valence-corrected chi connectivity index (χ1v) is 11.5. The van der Waals surface area contributed by atoms with Crippen LogP contribution in [0.15, 0.2) is 53.5 Å². The predicted molar refractivity (Wildman–Crippen MR) is 123 cm³/mol. The van der Waals surface area contributed by atoms with Gasteiger partial charge in [0, 0.05) is 28.1 Å². The molecule has 5 nitrogen and oxygen atoms in total. The number of carbonyl (C=O) groups excluding carboxylic acids is 1. The second-order valence-corrected chi connectivity index (χ2v) is 8.87. The van der Waals surface area contributed by atoms with Crippen molar-refractivity contribution in [1.29, 1.82) is 0 Å². The van der Waals surface area contributed by atoms with Crippen LogP contribution in [0, 0.1) is 0 Å². The number of hydrogen-bond donors (Lipinski definition) is 1. The standard InChI is InChI=1S/C22H26N4OS2/c1-5-11-26-21(17-12-19(15(3)4)28-13-17)24-25-22(26)29-14-20(27)23-18-9-7-16(6-2)8-10-18/h5,7-10,12-13,15H,1,6,11,14H2,2-4H3,(H,23,27). The van der Waals surface area contributed by atoms with E-state index in [1.54, 1.807) is 11.3 Å². The van der Waals surface area contributed by atoms with Gasteiger partial charge in [-0.2, -0.15) is 0 Å². The highest BCUT2D eigenvalue weighted by molar-refractivity contribution is 7.99. The largest absolute Gasteiger partial charge is 0.325 e. The third-order valence-corrected chi connectivity index (χ3v) is 6.65. The molecule has 29 heavy (non-hydrogen) atoms. The smallest absolute Gasteiger partial charge is 0.234 e. The molecule has 152 valence electrons. The normalized spacial score (nSPS) is 11.0. The molecule has 0 spiro atoms. The van der Waals surface area contributed by atoms with E-state index in [0.29, 0.717) is 17.6 Å². The van der Waals surface area contributed by atoms with Gasteiger partial charge in [0.1, 0.15) is 0 Å². The van der Waals surface area contributed by atoms with Crippen LogP contribution in [0.1, 0.15) is 37.1 Å². The molecule has 1 N–H and O–H groups in total. The Labute approximate surface area is 180 Å². The number of allylic oxidation sites excluding steroid dienone is 1. The third kappa shape index (κ3) is 5.36. The maximum Gasteiger partial charge on any atom is 0.234 e. The summed E-state index contributed by atoms with van der Waals surface area (Å²) in [5.41, 5.74) is 3.11. The summed E-state index contributed by atoms with van der Waals surface area (Å²) in [6.07, 6.45) is 2.80. The first kappa shape index (κ1) is 21.3. The van der Waals surface area contributed by atoms with E-state index >= 15 is 0 Å². The van der Waals surface area contributed by atoms with E-state index < -0.39 is 0 Å². The fourth-order valence-electron chi connectivity index (χ4n) is 2.83. The first-order chi connectivity index (χ1) is 14.0. The van der Waals surface area contributed by atoms with Crippen LogP contribution in [0.25, 0.3) is 11.4 Å². The van der Waals surface area contributed by atoms with Crippen LogP contribution < -0.4 is 5.32 Å². The SMILES string of the molecule is C=CCn1c(SCC(=O)Nc2ccc(CC)cc2)nnc1-c1csc(C(C)C)c1. The summed E-state index contributed by atoms with van der Waals surface area (Å²) < 4.78 is 2.01. The van der Waals surface area contributed by atoms with Crippen molar-refractivity contribution in [2.45, 2.75) is 44.8 Å². The van der Waals surface area contributed by atoms with Gasteiger partial charge in [0.25, 0.3) is 0 Å². The van der Waals surface area contributed by atoms with Gasteiger partial charge in [0.2, 0.25) is 5.91 Å². The number of aromatic nitrogens is 3. The fourth-order valence-corrected chi connectivity index (χ4v) is 4.48. The van der Waals surface area contributed by atoms with Crippen LogP contribution in [-0.2, 0) is 17.8 Å². The Bertz CT molecular complexity index is 973. The molecule has 0 bridgehead atoms. The molecule has 2 aromatic heterocycles. The quantitative estimate of drug-likeness (QED) is 0.357. The van der Waals surface area contributed by atoms with E-state index in [1.165, 1.54) is 22.2 Å². The van der Waals surface area contributed by atoms with Crippen molar-refractivity contribution >= 4 is 34.7 Å². The lowest BCUT2D eigenvalue weighted by Gasteiger charge is -2.08. The number of anilines is 1. The minimum atomic E-state index is -0.0634. The monoisotopic (exact) mass is 426 g/mol. The number of aryl methyl sites for hydroxylation is 1.